The molecule has 1 saturated heterocycles. The molecule has 0 unspecified atom stereocenters. The van der Waals surface area contributed by atoms with Crippen molar-refractivity contribution in [2.24, 2.45) is 0 Å². The van der Waals surface area contributed by atoms with E-state index in [1.54, 1.807) is 0 Å². The number of aryl methyl sites for hydroxylation is 1. The molecule has 1 amide bonds. The highest BCUT2D eigenvalue weighted by molar-refractivity contribution is 6.30. The third-order valence-electron chi connectivity index (χ3n) is 5.15. The van der Waals surface area contributed by atoms with Gasteiger partial charge in [-0.25, -0.2) is 0 Å². The third-order valence-corrected chi connectivity index (χ3v) is 5.40. The number of carbonyl (C=O) groups is 1. The van der Waals surface area contributed by atoms with Crippen LogP contribution in [0.3, 0.4) is 0 Å². The molecule has 1 aliphatic heterocycles. The molecule has 1 aliphatic rings. The Kier molecular flexibility index (Phi) is 5.63. The van der Waals surface area contributed by atoms with Gasteiger partial charge in [-0.1, -0.05) is 54.1 Å². The van der Waals surface area contributed by atoms with E-state index in [1.165, 1.54) is 5.56 Å². The standard InChI is InChI=1S/C22H23ClN4O/c23-19-9-7-18(8-10-19)20-16-21(25-24-20)26-12-14-27(15-13-26)22(28)11-6-17-4-2-1-3-5-17/h1-5,7-10,16H,6,11-15H2,(H,24,25). The number of piperazine rings is 1. The Morgan fingerprint density at radius 2 is 1.71 bits per heavy atom. The zero-order valence-electron chi connectivity index (χ0n) is 15.6. The van der Waals surface area contributed by atoms with Crippen molar-refractivity contribution in [3.8, 4) is 11.3 Å². The molecule has 2 aromatic carbocycles. The van der Waals surface area contributed by atoms with Crippen molar-refractivity contribution in [1.29, 1.82) is 0 Å². The summed E-state index contributed by atoms with van der Waals surface area (Å²) >= 11 is 5.96. The summed E-state index contributed by atoms with van der Waals surface area (Å²) in [7, 11) is 0. The smallest absolute Gasteiger partial charge is 0.223 e. The number of anilines is 1. The minimum atomic E-state index is 0.229. The zero-order valence-corrected chi connectivity index (χ0v) is 16.4. The lowest BCUT2D eigenvalue weighted by molar-refractivity contribution is -0.131. The molecule has 6 heteroatoms. The molecule has 4 rings (SSSR count). The van der Waals surface area contributed by atoms with E-state index in [4.69, 9.17) is 11.6 Å². The normalized spacial score (nSPS) is 14.3. The van der Waals surface area contributed by atoms with Gasteiger partial charge < -0.3 is 9.80 Å². The molecule has 144 valence electrons. The first-order chi connectivity index (χ1) is 13.7. The van der Waals surface area contributed by atoms with E-state index in [2.05, 4.69) is 33.3 Å². The van der Waals surface area contributed by atoms with Gasteiger partial charge in [0.1, 0.15) is 0 Å². The van der Waals surface area contributed by atoms with Gasteiger partial charge in [0, 0.05) is 43.7 Å². The average molecular weight is 395 g/mol. The van der Waals surface area contributed by atoms with Gasteiger partial charge >= 0.3 is 0 Å². The molecular weight excluding hydrogens is 372 g/mol. The van der Waals surface area contributed by atoms with Crippen LogP contribution < -0.4 is 4.90 Å². The molecule has 5 nitrogen and oxygen atoms in total. The third kappa shape index (κ3) is 4.37. The summed E-state index contributed by atoms with van der Waals surface area (Å²) in [6.07, 6.45) is 1.36. The highest BCUT2D eigenvalue weighted by Crippen LogP contribution is 2.24. The minimum Gasteiger partial charge on any atom is -0.352 e. The van der Waals surface area contributed by atoms with Gasteiger partial charge in [-0.3, -0.25) is 9.89 Å². The van der Waals surface area contributed by atoms with Crippen molar-refractivity contribution in [3.63, 3.8) is 0 Å². The first-order valence-electron chi connectivity index (χ1n) is 9.57. The van der Waals surface area contributed by atoms with Crippen LogP contribution in [0.4, 0.5) is 5.82 Å². The van der Waals surface area contributed by atoms with Gasteiger partial charge in [0.25, 0.3) is 0 Å². The summed E-state index contributed by atoms with van der Waals surface area (Å²) in [6.45, 7) is 3.05. The second-order valence-corrected chi connectivity index (χ2v) is 7.44. The number of rotatable bonds is 5. The van der Waals surface area contributed by atoms with Crippen LogP contribution in [0, 0.1) is 0 Å². The zero-order chi connectivity index (χ0) is 19.3. The number of hydrogen-bond acceptors (Lipinski definition) is 3. The fourth-order valence-corrected chi connectivity index (χ4v) is 3.62. The van der Waals surface area contributed by atoms with Crippen LogP contribution >= 0.6 is 11.6 Å². The van der Waals surface area contributed by atoms with Gasteiger partial charge in [-0.2, -0.15) is 5.10 Å². The number of benzene rings is 2. The molecular formula is C22H23ClN4O. The molecule has 3 aromatic rings. The lowest BCUT2D eigenvalue weighted by Gasteiger charge is -2.34. The first-order valence-corrected chi connectivity index (χ1v) is 9.95. The number of carbonyl (C=O) groups excluding carboxylic acids is 1. The average Bonchev–Trinajstić information content (AvgIpc) is 3.24. The number of nitrogens with one attached hydrogen (secondary N) is 1. The van der Waals surface area contributed by atoms with Crippen LogP contribution in [0.5, 0.6) is 0 Å². The van der Waals surface area contributed by atoms with Crippen LogP contribution in [0.2, 0.25) is 5.02 Å². The van der Waals surface area contributed by atoms with Gasteiger partial charge in [-0.15, -0.1) is 0 Å². The second kappa shape index (κ2) is 8.48. The van der Waals surface area contributed by atoms with E-state index >= 15 is 0 Å². The number of aromatic amines is 1. The Balaban J connectivity index is 1.30. The van der Waals surface area contributed by atoms with Crippen LogP contribution in [-0.2, 0) is 11.2 Å². The van der Waals surface area contributed by atoms with E-state index in [0.717, 1.165) is 54.7 Å². The van der Waals surface area contributed by atoms with Crippen molar-refractivity contribution in [2.75, 3.05) is 31.1 Å². The molecule has 0 aliphatic carbocycles. The maximum absolute atomic E-state index is 12.5. The van der Waals surface area contributed by atoms with Crippen LogP contribution in [0.15, 0.2) is 60.7 Å². The summed E-state index contributed by atoms with van der Waals surface area (Å²) in [6, 6.07) is 19.9. The first kappa shape index (κ1) is 18.6. The number of H-pyrrole nitrogens is 1. The lowest BCUT2D eigenvalue weighted by Crippen LogP contribution is -2.49. The predicted octanol–water partition coefficient (Wildman–Crippen LogP) is 4.01. The van der Waals surface area contributed by atoms with Crippen molar-refractivity contribution < 1.29 is 4.79 Å². The van der Waals surface area contributed by atoms with E-state index in [-0.39, 0.29) is 5.91 Å². The van der Waals surface area contributed by atoms with Crippen LogP contribution in [0.1, 0.15) is 12.0 Å². The second-order valence-electron chi connectivity index (χ2n) is 7.00. The van der Waals surface area contributed by atoms with Gasteiger partial charge in [0.05, 0.1) is 5.69 Å². The molecule has 1 aromatic heterocycles. The summed E-state index contributed by atoms with van der Waals surface area (Å²) in [5, 5.41) is 8.26. The van der Waals surface area contributed by atoms with E-state index in [1.807, 2.05) is 47.4 Å². The number of aromatic nitrogens is 2. The van der Waals surface area contributed by atoms with Crippen molar-refractivity contribution in [3.05, 3.63) is 71.2 Å². The SMILES string of the molecule is O=C(CCc1ccccc1)N1CCN(c2cc(-c3ccc(Cl)cc3)[nH]n2)CC1. The van der Waals surface area contributed by atoms with E-state index in [0.29, 0.717) is 6.42 Å². The lowest BCUT2D eigenvalue weighted by atomic mass is 10.1. The van der Waals surface area contributed by atoms with Gasteiger partial charge in [0.2, 0.25) is 5.91 Å². The van der Waals surface area contributed by atoms with Crippen molar-refractivity contribution in [2.45, 2.75) is 12.8 Å². The Hall–Kier alpha value is -2.79. The van der Waals surface area contributed by atoms with E-state index in [9.17, 15) is 4.79 Å². The molecule has 0 saturated carbocycles. The number of nitrogens with zero attached hydrogens (tertiary/aromatic N) is 3. The fourth-order valence-electron chi connectivity index (χ4n) is 3.49. The molecule has 1 fully saturated rings. The van der Waals surface area contributed by atoms with Crippen molar-refractivity contribution >= 4 is 23.3 Å². The minimum absolute atomic E-state index is 0.229. The Bertz CT molecular complexity index is 915. The molecule has 0 radical (unpaired) electrons. The highest BCUT2D eigenvalue weighted by atomic mass is 35.5. The number of amides is 1. The Morgan fingerprint density at radius 3 is 2.43 bits per heavy atom. The highest BCUT2D eigenvalue weighted by Gasteiger charge is 2.22. The van der Waals surface area contributed by atoms with Crippen LogP contribution in [0.25, 0.3) is 11.3 Å². The Morgan fingerprint density at radius 1 is 1.00 bits per heavy atom. The van der Waals surface area contributed by atoms with E-state index < -0.39 is 0 Å². The van der Waals surface area contributed by atoms with Gasteiger partial charge in [-0.05, 0) is 29.7 Å². The summed E-state index contributed by atoms with van der Waals surface area (Å²) in [5.74, 6) is 1.15. The topological polar surface area (TPSA) is 52.2 Å². The summed E-state index contributed by atoms with van der Waals surface area (Å²) in [4.78, 5) is 16.7. The number of halogens is 1. The summed E-state index contributed by atoms with van der Waals surface area (Å²) < 4.78 is 0. The maximum Gasteiger partial charge on any atom is 0.223 e. The molecule has 1 N–H and O–H groups in total. The molecule has 2 heterocycles. The predicted molar refractivity (Wildman–Crippen MR) is 113 cm³/mol. The largest absolute Gasteiger partial charge is 0.352 e. The Labute approximate surface area is 169 Å². The molecule has 0 atom stereocenters. The molecule has 0 spiro atoms. The number of hydrogen-bond donors (Lipinski definition) is 1. The monoisotopic (exact) mass is 394 g/mol. The maximum atomic E-state index is 12.5. The van der Waals surface area contributed by atoms with Crippen molar-refractivity contribution in [1.82, 2.24) is 15.1 Å². The molecule has 28 heavy (non-hydrogen) atoms. The van der Waals surface area contributed by atoms with Gasteiger partial charge in [0.15, 0.2) is 5.82 Å². The molecule has 0 bridgehead atoms. The quantitative estimate of drug-likeness (QED) is 0.711. The summed E-state index contributed by atoms with van der Waals surface area (Å²) in [5.41, 5.74) is 3.23. The fraction of sp³-hybridized carbons (Fsp3) is 0.273. The van der Waals surface area contributed by atoms with Crippen LogP contribution in [-0.4, -0.2) is 47.2 Å².